The predicted molar refractivity (Wildman–Crippen MR) is 136 cm³/mol. The molecule has 4 N–H and O–H groups in total. The summed E-state index contributed by atoms with van der Waals surface area (Å²) in [5.41, 5.74) is 13.7. The zero-order chi connectivity index (χ0) is 22.6. The summed E-state index contributed by atoms with van der Waals surface area (Å²) in [7, 11) is 0. The summed E-state index contributed by atoms with van der Waals surface area (Å²) in [5, 5.41) is 0. The van der Waals surface area contributed by atoms with Crippen LogP contribution in [0.1, 0.15) is 121 Å². The van der Waals surface area contributed by atoms with Crippen LogP contribution in [0.5, 0.6) is 0 Å². The van der Waals surface area contributed by atoms with Crippen LogP contribution in [0.4, 0.5) is 0 Å². The van der Waals surface area contributed by atoms with Crippen LogP contribution in [-0.4, -0.2) is 12.5 Å². The summed E-state index contributed by atoms with van der Waals surface area (Å²) < 4.78 is 0. The van der Waals surface area contributed by atoms with Crippen LogP contribution in [0.25, 0.3) is 6.08 Å². The van der Waals surface area contributed by atoms with Crippen LogP contribution in [0.2, 0.25) is 0 Å². The number of carbonyl (C=O) groups is 1. The van der Waals surface area contributed by atoms with Crippen molar-refractivity contribution in [3.63, 3.8) is 0 Å². The molecule has 176 valence electrons. The molecule has 1 aromatic carbocycles. The van der Waals surface area contributed by atoms with Crippen molar-refractivity contribution in [3.8, 4) is 0 Å². The van der Waals surface area contributed by atoms with Crippen molar-refractivity contribution in [2.24, 2.45) is 11.5 Å². The molecule has 0 saturated carbocycles. The van der Waals surface area contributed by atoms with E-state index in [0.717, 1.165) is 12.0 Å². The second-order valence-electron chi connectivity index (χ2n) is 9.03. The fourth-order valence-corrected chi connectivity index (χ4v) is 4.09. The van der Waals surface area contributed by atoms with Gasteiger partial charge in [0.15, 0.2) is 0 Å². The highest BCUT2D eigenvalue weighted by atomic mass is 16.1. The molecule has 0 bridgehead atoms. The minimum absolute atomic E-state index is 0.177. The number of primary amides is 1. The van der Waals surface area contributed by atoms with Gasteiger partial charge in [-0.25, -0.2) is 0 Å². The van der Waals surface area contributed by atoms with Gasteiger partial charge in [-0.3, -0.25) is 4.79 Å². The van der Waals surface area contributed by atoms with Crippen LogP contribution in [0, 0.1) is 0 Å². The van der Waals surface area contributed by atoms with Crippen molar-refractivity contribution in [1.29, 1.82) is 0 Å². The van der Waals surface area contributed by atoms with Gasteiger partial charge in [0.05, 0.1) is 0 Å². The topological polar surface area (TPSA) is 69.1 Å². The summed E-state index contributed by atoms with van der Waals surface area (Å²) in [5.74, 6) is -0.445. The van der Waals surface area contributed by atoms with Crippen molar-refractivity contribution >= 4 is 12.0 Å². The molecule has 0 radical (unpaired) electrons. The zero-order valence-electron chi connectivity index (χ0n) is 20.2. The minimum atomic E-state index is -0.445. The van der Waals surface area contributed by atoms with E-state index in [0.29, 0.717) is 5.57 Å². The Balaban J connectivity index is 1.95. The Morgan fingerprint density at radius 3 is 1.52 bits per heavy atom. The average Bonchev–Trinajstić information content (AvgIpc) is 2.77. The third kappa shape index (κ3) is 14.9. The number of hydrogen-bond donors (Lipinski definition) is 2. The van der Waals surface area contributed by atoms with E-state index in [4.69, 9.17) is 11.5 Å². The Morgan fingerprint density at radius 1 is 0.710 bits per heavy atom. The van der Waals surface area contributed by atoms with E-state index in [9.17, 15) is 4.79 Å². The van der Waals surface area contributed by atoms with Crippen molar-refractivity contribution in [2.45, 2.75) is 116 Å². The van der Waals surface area contributed by atoms with Crippen LogP contribution >= 0.6 is 0 Å². The van der Waals surface area contributed by atoms with Gasteiger partial charge < -0.3 is 11.5 Å². The first kappa shape index (κ1) is 27.4. The highest BCUT2D eigenvalue weighted by Crippen LogP contribution is 2.15. The van der Waals surface area contributed by atoms with Crippen molar-refractivity contribution in [1.82, 2.24) is 0 Å². The first-order valence-electron chi connectivity index (χ1n) is 13.0. The maximum absolute atomic E-state index is 11.3. The van der Waals surface area contributed by atoms with Crippen LogP contribution in [0.15, 0.2) is 29.8 Å². The number of amides is 1. The molecule has 0 atom stereocenters. The quantitative estimate of drug-likeness (QED) is 0.169. The smallest absolute Gasteiger partial charge is 0.245 e. The summed E-state index contributed by atoms with van der Waals surface area (Å²) in [4.78, 5) is 11.3. The Labute approximate surface area is 192 Å². The van der Waals surface area contributed by atoms with E-state index in [1.165, 1.54) is 108 Å². The SMILES string of the molecule is CCCCCCCCCCCCCCCCCCc1ccc(C=C(CN)C(N)=O)cc1. The standard InChI is InChI=1S/C28H48N2O/c1-2-3-4-5-6-7-8-9-10-11-12-13-14-15-16-17-18-25-19-21-26(22-20-25)23-27(24-29)28(30)31/h19-23H,2-18,24,29H2,1H3,(H2,30,31). The van der Waals surface area contributed by atoms with Crippen molar-refractivity contribution < 1.29 is 4.79 Å². The lowest BCUT2D eigenvalue weighted by Gasteiger charge is -2.05. The Morgan fingerprint density at radius 2 is 1.13 bits per heavy atom. The highest BCUT2D eigenvalue weighted by molar-refractivity contribution is 5.97. The van der Waals surface area contributed by atoms with E-state index in [-0.39, 0.29) is 6.54 Å². The largest absolute Gasteiger partial charge is 0.366 e. The first-order valence-corrected chi connectivity index (χ1v) is 13.0. The normalized spacial score (nSPS) is 11.7. The molecule has 0 heterocycles. The lowest BCUT2D eigenvalue weighted by Crippen LogP contribution is -2.20. The number of rotatable bonds is 20. The molecule has 3 nitrogen and oxygen atoms in total. The maximum Gasteiger partial charge on any atom is 0.245 e. The van der Waals surface area contributed by atoms with Gasteiger partial charge in [0.2, 0.25) is 5.91 Å². The molecule has 0 spiro atoms. The minimum Gasteiger partial charge on any atom is -0.366 e. The number of hydrogen-bond acceptors (Lipinski definition) is 2. The molecule has 1 aromatic rings. The molecular weight excluding hydrogens is 380 g/mol. The van der Waals surface area contributed by atoms with Crippen LogP contribution in [-0.2, 0) is 11.2 Å². The van der Waals surface area contributed by atoms with Gasteiger partial charge in [0.1, 0.15) is 0 Å². The lowest BCUT2D eigenvalue weighted by atomic mass is 10.0. The van der Waals surface area contributed by atoms with Crippen LogP contribution < -0.4 is 11.5 Å². The Kier molecular flexibility index (Phi) is 16.9. The Bertz CT molecular complexity index is 592. The second-order valence-corrected chi connectivity index (χ2v) is 9.03. The van der Waals surface area contributed by atoms with Gasteiger partial charge in [-0.2, -0.15) is 0 Å². The van der Waals surface area contributed by atoms with Gasteiger partial charge in [-0.15, -0.1) is 0 Å². The summed E-state index contributed by atoms with van der Waals surface area (Å²) in [6.45, 7) is 2.46. The molecule has 3 heteroatoms. The van der Waals surface area contributed by atoms with Gasteiger partial charge >= 0.3 is 0 Å². The lowest BCUT2D eigenvalue weighted by molar-refractivity contribution is -0.114. The third-order valence-electron chi connectivity index (χ3n) is 6.18. The Hall–Kier alpha value is -1.61. The molecule has 31 heavy (non-hydrogen) atoms. The number of nitrogens with two attached hydrogens (primary N) is 2. The van der Waals surface area contributed by atoms with E-state index >= 15 is 0 Å². The second kappa shape index (κ2) is 19.1. The van der Waals surface area contributed by atoms with E-state index in [2.05, 4.69) is 19.1 Å². The van der Waals surface area contributed by atoms with Crippen molar-refractivity contribution in [3.05, 3.63) is 41.0 Å². The number of aryl methyl sites for hydroxylation is 1. The van der Waals surface area contributed by atoms with E-state index in [1.54, 1.807) is 6.08 Å². The van der Waals surface area contributed by atoms with Crippen LogP contribution in [0.3, 0.4) is 0 Å². The number of unbranched alkanes of at least 4 members (excludes halogenated alkanes) is 15. The third-order valence-corrected chi connectivity index (χ3v) is 6.18. The fourth-order valence-electron chi connectivity index (χ4n) is 4.09. The number of carbonyl (C=O) groups excluding carboxylic acids is 1. The van der Waals surface area contributed by atoms with Gasteiger partial charge in [0, 0.05) is 12.1 Å². The molecule has 0 saturated heterocycles. The molecule has 0 aromatic heterocycles. The maximum atomic E-state index is 11.3. The molecule has 1 rings (SSSR count). The molecule has 0 aliphatic heterocycles. The van der Waals surface area contributed by atoms with E-state index < -0.39 is 5.91 Å². The highest BCUT2D eigenvalue weighted by Gasteiger charge is 2.02. The first-order chi connectivity index (χ1) is 15.2. The molecule has 1 amide bonds. The van der Waals surface area contributed by atoms with Gasteiger partial charge in [-0.05, 0) is 30.0 Å². The van der Waals surface area contributed by atoms with Gasteiger partial charge in [-0.1, -0.05) is 128 Å². The van der Waals surface area contributed by atoms with E-state index in [1.807, 2.05) is 12.1 Å². The summed E-state index contributed by atoms with van der Waals surface area (Å²) in [6, 6.07) is 8.37. The van der Waals surface area contributed by atoms with Crippen molar-refractivity contribution in [2.75, 3.05) is 6.54 Å². The zero-order valence-corrected chi connectivity index (χ0v) is 20.2. The summed E-state index contributed by atoms with van der Waals surface area (Å²) in [6.07, 6.45) is 25.4. The molecule has 0 unspecified atom stereocenters. The molecular formula is C28H48N2O. The summed E-state index contributed by atoms with van der Waals surface area (Å²) >= 11 is 0. The van der Waals surface area contributed by atoms with Gasteiger partial charge in [0.25, 0.3) is 0 Å². The molecule has 0 fully saturated rings. The number of benzene rings is 1. The molecule has 0 aliphatic carbocycles. The molecule has 0 aliphatic rings. The average molecular weight is 429 g/mol. The fraction of sp³-hybridized carbons (Fsp3) is 0.679. The predicted octanol–water partition coefficient (Wildman–Crippen LogP) is 7.32. The monoisotopic (exact) mass is 428 g/mol.